The van der Waals surface area contributed by atoms with Crippen molar-refractivity contribution in [3.05, 3.63) is 46.5 Å². The van der Waals surface area contributed by atoms with E-state index in [-0.39, 0.29) is 5.91 Å². The molecular weight excluding hydrogens is 408 g/mol. The minimum Gasteiger partial charge on any atom is -0.298 e. The second kappa shape index (κ2) is 9.80. The third-order valence-electron chi connectivity index (χ3n) is 4.89. The number of hydrogen-bond donors (Lipinski definition) is 2. The number of thiazole rings is 1. The third kappa shape index (κ3) is 7.18. The van der Waals surface area contributed by atoms with Crippen molar-refractivity contribution in [3.63, 3.8) is 0 Å². The number of aromatic nitrogens is 1. The number of anilines is 1. The average molecular weight is 437 g/mol. The normalized spacial score (nSPS) is 17.9. The van der Waals surface area contributed by atoms with Gasteiger partial charge in [0.15, 0.2) is 5.13 Å². The lowest BCUT2D eigenvalue weighted by Gasteiger charge is -2.30. The molecule has 0 aliphatic carbocycles. The van der Waals surface area contributed by atoms with Crippen LogP contribution in [-0.2, 0) is 23.0 Å². The summed E-state index contributed by atoms with van der Waals surface area (Å²) in [7, 11) is -3.18. The monoisotopic (exact) mass is 436 g/mol. The third-order valence-corrected chi connectivity index (χ3v) is 6.43. The van der Waals surface area contributed by atoms with Gasteiger partial charge in [-0.15, -0.1) is 11.3 Å². The van der Waals surface area contributed by atoms with Crippen molar-refractivity contribution < 1.29 is 13.2 Å². The summed E-state index contributed by atoms with van der Waals surface area (Å²) in [4.78, 5) is 19.4. The minimum atomic E-state index is -3.18. The standard InChI is InChI=1S/C20H28N4O3S2/c1-15-4-3-11-24(12-15)13-18-14-28-20(22-18)23-19(25)17-7-5-16(6-8-17)9-10-21-29(2,26)27/h5-8,14-15,21H,3-4,9-13H2,1-2H3,(H,22,23,25). The van der Waals surface area contributed by atoms with Crippen LogP contribution in [0.2, 0.25) is 0 Å². The Labute approximate surface area is 176 Å². The van der Waals surface area contributed by atoms with E-state index in [1.165, 1.54) is 24.2 Å². The molecule has 2 aromatic rings. The first-order valence-electron chi connectivity index (χ1n) is 9.80. The SMILES string of the molecule is CC1CCCN(Cc2csc(NC(=O)c3ccc(CCNS(C)(=O)=O)cc3)n2)C1. The Hall–Kier alpha value is -1.81. The molecule has 29 heavy (non-hydrogen) atoms. The molecule has 1 unspecified atom stereocenters. The second-order valence-corrected chi connectivity index (χ2v) is 10.4. The Morgan fingerprint density at radius 3 is 2.76 bits per heavy atom. The van der Waals surface area contributed by atoms with Crippen molar-refractivity contribution >= 4 is 32.4 Å². The predicted octanol–water partition coefficient (Wildman–Crippen LogP) is 2.72. The molecule has 9 heteroatoms. The highest BCUT2D eigenvalue weighted by Crippen LogP contribution is 2.21. The first kappa shape index (κ1) is 21.9. The van der Waals surface area contributed by atoms with E-state index >= 15 is 0 Å². The van der Waals surface area contributed by atoms with Crippen LogP contribution in [0.1, 0.15) is 41.4 Å². The van der Waals surface area contributed by atoms with Crippen LogP contribution in [0.4, 0.5) is 5.13 Å². The van der Waals surface area contributed by atoms with E-state index < -0.39 is 10.0 Å². The molecule has 0 radical (unpaired) electrons. The summed E-state index contributed by atoms with van der Waals surface area (Å²) >= 11 is 1.44. The molecule has 1 saturated heterocycles. The van der Waals surface area contributed by atoms with Crippen LogP contribution in [-0.4, -0.2) is 50.1 Å². The van der Waals surface area contributed by atoms with Crippen molar-refractivity contribution in [2.75, 3.05) is 31.2 Å². The number of benzene rings is 1. The summed E-state index contributed by atoms with van der Waals surface area (Å²) < 4.78 is 24.6. The zero-order valence-corrected chi connectivity index (χ0v) is 18.5. The first-order chi connectivity index (χ1) is 13.8. The number of likely N-dealkylation sites (tertiary alicyclic amines) is 1. The van der Waals surface area contributed by atoms with Gasteiger partial charge in [0.25, 0.3) is 5.91 Å². The summed E-state index contributed by atoms with van der Waals surface area (Å²) in [5.41, 5.74) is 2.50. The second-order valence-electron chi connectivity index (χ2n) is 7.69. The molecule has 0 bridgehead atoms. The van der Waals surface area contributed by atoms with Crippen molar-refractivity contribution in [2.24, 2.45) is 5.92 Å². The maximum Gasteiger partial charge on any atom is 0.257 e. The highest BCUT2D eigenvalue weighted by atomic mass is 32.2. The van der Waals surface area contributed by atoms with Gasteiger partial charge in [-0.05, 0) is 49.4 Å². The van der Waals surface area contributed by atoms with Crippen LogP contribution in [0, 0.1) is 5.92 Å². The van der Waals surface area contributed by atoms with E-state index in [1.54, 1.807) is 12.1 Å². The molecule has 3 rings (SSSR count). The van der Waals surface area contributed by atoms with Crippen molar-refractivity contribution in [1.29, 1.82) is 0 Å². The van der Waals surface area contributed by atoms with Gasteiger partial charge >= 0.3 is 0 Å². The van der Waals surface area contributed by atoms with E-state index in [4.69, 9.17) is 0 Å². The van der Waals surface area contributed by atoms with Crippen LogP contribution in [0.3, 0.4) is 0 Å². The molecule has 0 spiro atoms. The minimum absolute atomic E-state index is 0.196. The lowest BCUT2D eigenvalue weighted by Crippen LogP contribution is -2.33. The van der Waals surface area contributed by atoms with Crippen LogP contribution >= 0.6 is 11.3 Å². The number of piperidine rings is 1. The van der Waals surface area contributed by atoms with Gasteiger partial charge in [-0.3, -0.25) is 15.0 Å². The lowest BCUT2D eigenvalue weighted by molar-refractivity contribution is 0.102. The van der Waals surface area contributed by atoms with E-state index in [9.17, 15) is 13.2 Å². The smallest absolute Gasteiger partial charge is 0.257 e. The highest BCUT2D eigenvalue weighted by Gasteiger charge is 2.17. The molecule has 158 valence electrons. The van der Waals surface area contributed by atoms with Crippen LogP contribution in [0.15, 0.2) is 29.6 Å². The maximum atomic E-state index is 12.5. The van der Waals surface area contributed by atoms with Gasteiger partial charge in [0.05, 0.1) is 11.9 Å². The molecule has 2 heterocycles. The van der Waals surface area contributed by atoms with E-state index in [2.05, 4.69) is 26.8 Å². The molecule has 1 aliphatic heterocycles. The van der Waals surface area contributed by atoms with Gasteiger partial charge in [0.1, 0.15) is 0 Å². The number of sulfonamides is 1. The molecular formula is C20H28N4O3S2. The Morgan fingerprint density at radius 1 is 1.31 bits per heavy atom. The van der Waals surface area contributed by atoms with Gasteiger partial charge in [0, 0.05) is 30.6 Å². The van der Waals surface area contributed by atoms with Crippen LogP contribution in [0.5, 0.6) is 0 Å². The lowest BCUT2D eigenvalue weighted by atomic mass is 10.0. The zero-order chi connectivity index (χ0) is 20.9. The molecule has 1 atom stereocenters. The molecule has 1 aromatic carbocycles. The van der Waals surface area contributed by atoms with Gasteiger partial charge in [0.2, 0.25) is 10.0 Å². The number of carbonyl (C=O) groups is 1. The van der Waals surface area contributed by atoms with Gasteiger partial charge < -0.3 is 0 Å². The van der Waals surface area contributed by atoms with E-state index in [0.717, 1.165) is 43.1 Å². The summed E-state index contributed by atoms with van der Waals surface area (Å²) in [6.45, 7) is 5.65. The van der Waals surface area contributed by atoms with Crippen LogP contribution in [0.25, 0.3) is 0 Å². The molecule has 1 aromatic heterocycles. The number of rotatable bonds is 8. The number of nitrogens with one attached hydrogen (secondary N) is 2. The topological polar surface area (TPSA) is 91.4 Å². The number of nitrogens with zero attached hydrogens (tertiary/aromatic N) is 2. The zero-order valence-electron chi connectivity index (χ0n) is 16.8. The molecule has 1 aliphatic rings. The van der Waals surface area contributed by atoms with Crippen molar-refractivity contribution in [2.45, 2.75) is 32.7 Å². The number of amides is 1. The van der Waals surface area contributed by atoms with Gasteiger partial charge in [-0.2, -0.15) is 0 Å². The first-order valence-corrected chi connectivity index (χ1v) is 12.6. The fourth-order valence-electron chi connectivity index (χ4n) is 3.47. The Morgan fingerprint density at radius 2 is 2.07 bits per heavy atom. The van der Waals surface area contributed by atoms with Crippen LogP contribution < -0.4 is 10.0 Å². The Kier molecular flexibility index (Phi) is 7.39. The number of hydrogen-bond acceptors (Lipinski definition) is 6. The summed E-state index contributed by atoms with van der Waals surface area (Å²) in [5, 5.41) is 5.48. The quantitative estimate of drug-likeness (QED) is 0.664. The molecule has 1 fully saturated rings. The molecule has 1 amide bonds. The predicted molar refractivity (Wildman–Crippen MR) is 117 cm³/mol. The van der Waals surface area contributed by atoms with Gasteiger partial charge in [-0.1, -0.05) is 19.1 Å². The fraction of sp³-hybridized carbons (Fsp3) is 0.500. The molecule has 7 nitrogen and oxygen atoms in total. The number of carbonyl (C=O) groups excluding carboxylic acids is 1. The Bertz CT molecular complexity index is 925. The average Bonchev–Trinajstić information content (AvgIpc) is 3.08. The largest absolute Gasteiger partial charge is 0.298 e. The highest BCUT2D eigenvalue weighted by molar-refractivity contribution is 7.88. The summed E-state index contributed by atoms with van der Waals surface area (Å²) in [6.07, 6.45) is 4.23. The molecule has 2 N–H and O–H groups in total. The maximum absolute atomic E-state index is 12.5. The van der Waals surface area contributed by atoms with E-state index in [1.807, 2.05) is 17.5 Å². The fourth-order valence-corrected chi connectivity index (χ4v) is 4.64. The van der Waals surface area contributed by atoms with Crippen molar-refractivity contribution in [3.8, 4) is 0 Å². The Balaban J connectivity index is 1.50. The molecule has 0 saturated carbocycles. The summed E-state index contributed by atoms with van der Waals surface area (Å²) in [5.74, 6) is 0.532. The van der Waals surface area contributed by atoms with E-state index in [0.29, 0.717) is 23.7 Å². The van der Waals surface area contributed by atoms with Gasteiger partial charge in [-0.25, -0.2) is 18.1 Å². The van der Waals surface area contributed by atoms with Crippen molar-refractivity contribution in [1.82, 2.24) is 14.6 Å². The summed E-state index contributed by atoms with van der Waals surface area (Å²) in [6, 6.07) is 7.16.